The van der Waals surface area contributed by atoms with Gasteiger partial charge in [0, 0.05) is 26.2 Å². The Morgan fingerprint density at radius 3 is 2.37 bits per heavy atom. The highest BCUT2D eigenvalue weighted by atomic mass is 19.4. The Bertz CT molecular complexity index is 317. The quantitative estimate of drug-likeness (QED) is 0.687. The lowest BCUT2D eigenvalue weighted by molar-refractivity contribution is -0.173. The van der Waals surface area contributed by atoms with Gasteiger partial charge in [-0.25, -0.2) is 0 Å². The van der Waals surface area contributed by atoms with Crippen LogP contribution >= 0.6 is 0 Å². The number of hydrogen-bond acceptors (Lipinski definition) is 4. The summed E-state index contributed by atoms with van der Waals surface area (Å²) in [4.78, 5) is 23.7. The van der Waals surface area contributed by atoms with Crippen LogP contribution in [0.15, 0.2) is 0 Å². The van der Waals surface area contributed by atoms with E-state index in [4.69, 9.17) is 4.74 Å². The zero-order valence-electron chi connectivity index (χ0n) is 10.3. The number of nitrogens with zero attached hydrogens (tertiary/aromatic N) is 1. The Kier molecular flexibility index (Phi) is 6.03. The Morgan fingerprint density at radius 1 is 1.16 bits per heavy atom. The number of nitrogens with one attached hydrogen (secondary N) is 2. The number of rotatable bonds is 5. The molecule has 0 aromatic rings. The van der Waals surface area contributed by atoms with Crippen LogP contribution in [0.1, 0.15) is 0 Å². The molecule has 0 aliphatic carbocycles. The molecule has 0 spiro atoms. The van der Waals surface area contributed by atoms with Gasteiger partial charge >= 0.3 is 12.1 Å². The molecule has 1 rings (SSSR count). The lowest BCUT2D eigenvalue weighted by Gasteiger charge is -2.26. The van der Waals surface area contributed by atoms with Crippen molar-refractivity contribution in [1.82, 2.24) is 15.5 Å². The van der Waals surface area contributed by atoms with Crippen molar-refractivity contribution >= 4 is 11.8 Å². The Labute approximate surface area is 108 Å². The van der Waals surface area contributed by atoms with Crippen molar-refractivity contribution in [1.29, 1.82) is 0 Å². The predicted octanol–water partition coefficient (Wildman–Crippen LogP) is -0.887. The molecule has 19 heavy (non-hydrogen) atoms. The van der Waals surface area contributed by atoms with Gasteiger partial charge in [-0.05, 0) is 0 Å². The second kappa shape index (κ2) is 7.29. The van der Waals surface area contributed by atoms with Crippen LogP contribution in [0.3, 0.4) is 0 Å². The summed E-state index contributed by atoms with van der Waals surface area (Å²) in [5.74, 6) is -2.76. The maximum absolute atomic E-state index is 11.8. The smallest absolute Gasteiger partial charge is 0.379 e. The summed E-state index contributed by atoms with van der Waals surface area (Å²) in [5, 5.41) is 3.93. The molecule has 2 amide bonds. The molecule has 0 atom stereocenters. The lowest BCUT2D eigenvalue weighted by atomic mass is 10.4. The average Bonchev–Trinajstić information content (AvgIpc) is 2.36. The van der Waals surface area contributed by atoms with E-state index < -0.39 is 24.5 Å². The number of halogens is 3. The van der Waals surface area contributed by atoms with E-state index in [9.17, 15) is 22.8 Å². The van der Waals surface area contributed by atoms with Gasteiger partial charge in [0.1, 0.15) is 0 Å². The first kappa shape index (κ1) is 15.7. The number of ether oxygens (including phenoxy) is 1. The van der Waals surface area contributed by atoms with E-state index in [0.717, 1.165) is 13.1 Å². The molecule has 0 bridgehead atoms. The van der Waals surface area contributed by atoms with Gasteiger partial charge in [-0.1, -0.05) is 0 Å². The standard InChI is InChI=1S/C10H16F3N3O3/c11-10(12,13)9(18)15-7-8(17)14-1-2-16-3-5-19-6-4-16/h1-7H2,(H,14,17)(H,15,18). The van der Waals surface area contributed by atoms with Crippen LogP contribution in [0.4, 0.5) is 13.2 Å². The minimum absolute atomic E-state index is 0.320. The van der Waals surface area contributed by atoms with Crippen LogP contribution in [0.25, 0.3) is 0 Å². The Morgan fingerprint density at radius 2 is 1.79 bits per heavy atom. The van der Waals surface area contributed by atoms with Gasteiger partial charge in [0.2, 0.25) is 5.91 Å². The van der Waals surface area contributed by atoms with Gasteiger partial charge in [0.05, 0.1) is 19.8 Å². The third kappa shape index (κ3) is 6.39. The zero-order chi connectivity index (χ0) is 14.3. The van der Waals surface area contributed by atoms with Crippen molar-refractivity contribution in [3.8, 4) is 0 Å². The first-order valence-corrected chi connectivity index (χ1v) is 5.81. The van der Waals surface area contributed by atoms with Gasteiger partial charge in [-0.3, -0.25) is 14.5 Å². The topological polar surface area (TPSA) is 70.7 Å². The van der Waals surface area contributed by atoms with Crippen LogP contribution in [0, 0.1) is 0 Å². The number of alkyl halides is 3. The number of carbonyl (C=O) groups excluding carboxylic acids is 2. The van der Waals surface area contributed by atoms with E-state index in [1.54, 1.807) is 0 Å². The molecule has 110 valence electrons. The maximum Gasteiger partial charge on any atom is 0.471 e. The van der Waals surface area contributed by atoms with Gasteiger partial charge < -0.3 is 15.4 Å². The van der Waals surface area contributed by atoms with Gasteiger partial charge in [-0.2, -0.15) is 13.2 Å². The fraction of sp³-hybridized carbons (Fsp3) is 0.800. The first-order valence-electron chi connectivity index (χ1n) is 5.81. The monoisotopic (exact) mass is 283 g/mol. The number of carbonyl (C=O) groups is 2. The summed E-state index contributed by atoms with van der Waals surface area (Å²) < 4.78 is 40.6. The number of morpholine rings is 1. The van der Waals surface area contributed by atoms with Crippen LogP contribution < -0.4 is 10.6 Å². The summed E-state index contributed by atoms with van der Waals surface area (Å²) >= 11 is 0. The molecule has 1 heterocycles. The van der Waals surface area contributed by atoms with Crippen LogP contribution in [0.2, 0.25) is 0 Å². The highest BCUT2D eigenvalue weighted by Crippen LogP contribution is 2.13. The summed E-state index contributed by atoms with van der Waals surface area (Å²) in [6.07, 6.45) is -4.96. The second-order valence-corrected chi connectivity index (χ2v) is 3.98. The normalized spacial score (nSPS) is 17.0. The van der Waals surface area contributed by atoms with Crippen LogP contribution in [-0.2, 0) is 14.3 Å². The molecular formula is C10H16F3N3O3. The summed E-state index contributed by atoms with van der Waals surface area (Å²) in [6, 6.07) is 0. The molecule has 1 fully saturated rings. The first-order chi connectivity index (χ1) is 8.89. The highest BCUT2D eigenvalue weighted by molar-refractivity contribution is 5.87. The number of amides is 2. The fourth-order valence-corrected chi connectivity index (χ4v) is 1.50. The predicted molar refractivity (Wildman–Crippen MR) is 59.3 cm³/mol. The molecule has 0 aromatic carbocycles. The van der Waals surface area contributed by atoms with E-state index in [-0.39, 0.29) is 0 Å². The maximum atomic E-state index is 11.8. The molecule has 9 heteroatoms. The van der Waals surface area contributed by atoms with Crippen molar-refractivity contribution in [3.63, 3.8) is 0 Å². The Balaban J connectivity index is 2.09. The van der Waals surface area contributed by atoms with Crippen molar-refractivity contribution in [3.05, 3.63) is 0 Å². The van der Waals surface area contributed by atoms with E-state index in [2.05, 4.69) is 10.2 Å². The SMILES string of the molecule is O=C(CNC(=O)C(F)(F)F)NCCN1CCOCC1. The van der Waals surface area contributed by atoms with Crippen molar-refractivity contribution in [2.75, 3.05) is 45.9 Å². The molecule has 2 N–H and O–H groups in total. The van der Waals surface area contributed by atoms with Gasteiger partial charge in [0.15, 0.2) is 0 Å². The third-order valence-corrected chi connectivity index (χ3v) is 2.52. The van der Waals surface area contributed by atoms with Crippen molar-refractivity contribution in [2.45, 2.75) is 6.18 Å². The van der Waals surface area contributed by atoms with Crippen LogP contribution in [-0.4, -0.2) is 68.8 Å². The fourth-order valence-electron chi connectivity index (χ4n) is 1.50. The van der Waals surface area contributed by atoms with Crippen LogP contribution in [0.5, 0.6) is 0 Å². The Hall–Kier alpha value is -1.35. The van der Waals surface area contributed by atoms with E-state index in [0.29, 0.717) is 26.3 Å². The van der Waals surface area contributed by atoms with E-state index in [1.165, 1.54) is 5.32 Å². The molecule has 0 aromatic heterocycles. The van der Waals surface area contributed by atoms with Gasteiger partial charge in [0.25, 0.3) is 0 Å². The summed E-state index contributed by atoms with van der Waals surface area (Å²) in [7, 11) is 0. The molecule has 0 unspecified atom stereocenters. The summed E-state index contributed by atoms with van der Waals surface area (Å²) in [6.45, 7) is 3.04. The van der Waals surface area contributed by atoms with E-state index in [1.807, 2.05) is 0 Å². The molecule has 0 saturated carbocycles. The molecule has 1 aliphatic rings. The molecular weight excluding hydrogens is 267 g/mol. The highest BCUT2D eigenvalue weighted by Gasteiger charge is 2.38. The van der Waals surface area contributed by atoms with Gasteiger partial charge in [-0.15, -0.1) is 0 Å². The number of hydrogen-bond donors (Lipinski definition) is 2. The molecule has 6 nitrogen and oxygen atoms in total. The summed E-state index contributed by atoms with van der Waals surface area (Å²) in [5.41, 5.74) is 0. The molecule has 1 aliphatic heterocycles. The average molecular weight is 283 g/mol. The lowest BCUT2D eigenvalue weighted by Crippen LogP contribution is -2.45. The zero-order valence-corrected chi connectivity index (χ0v) is 10.3. The second-order valence-electron chi connectivity index (χ2n) is 3.98. The molecule has 1 saturated heterocycles. The third-order valence-electron chi connectivity index (χ3n) is 2.52. The largest absolute Gasteiger partial charge is 0.471 e. The van der Waals surface area contributed by atoms with E-state index >= 15 is 0 Å². The minimum Gasteiger partial charge on any atom is -0.379 e. The van der Waals surface area contributed by atoms with Crippen molar-refractivity contribution < 1.29 is 27.5 Å². The van der Waals surface area contributed by atoms with Crippen molar-refractivity contribution in [2.24, 2.45) is 0 Å². The molecule has 0 radical (unpaired) electrons. The minimum atomic E-state index is -4.96.